The van der Waals surface area contributed by atoms with Crippen LogP contribution in [0.25, 0.3) is 10.6 Å². The van der Waals surface area contributed by atoms with E-state index in [2.05, 4.69) is 4.98 Å². The Hall–Kier alpha value is -2.57. The summed E-state index contributed by atoms with van der Waals surface area (Å²) in [5, 5.41) is 1.44. The van der Waals surface area contributed by atoms with Crippen LogP contribution in [-0.4, -0.2) is 36.1 Å². The first-order valence-corrected chi connectivity index (χ1v) is 10.1. The summed E-state index contributed by atoms with van der Waals surface area (Å²) >= 11 is 7.46. The number of nitrogens with zero attached hydrogens (tertiary/aromatic N) is 2. The van der Waals surface area contributed by atoms with Crippen LogP contribution in [0.1, 0.15) is 20.9 Å². The van der Waals surface area contributed by atoms with Gasteiger partial charge in [-0.25, -0.2) is 4.98 Å². The minimum atomic E-state index is -0.0573. The number of aryl methyl sites for hydroxylation is 1. The quantitative estimate of drug-likeness (QED) is 0.614. The van der Waals surface area contributed by atoms with E-state index in [9.17, 15) is 4.79 Å². The molecule has 0 aliphatic carbocycles. The first-order valence-electron chi connectivity index (χ1n) is 8.88. The van der Waals surface area contributed by atoms with Crippen molar-refractivity contribution >= 4 is 28.8 Å². The summed E-state index contributed by atoms with van der Waals surface area (Å²) in [4.78, 5) is 19.9. The third-order valence-electron chi connectivity index (χ3n) is 4.44. The van der Waals surface area contributed by atoms with E-state index in [0.29, 0.717) is 29.7 Å². The fourth-order valence-electron chi connectivity index (χ4n) is 3.04. The predicted octanol–water partition coefficient (Wildman–Crippen LogP) is 4.82. The number of halogens is 1. The number of carbonyl (C=O) groups is 1. The highest BCUT2D eigenvalue weighted by Gasteiger charge is 2.21. The number of hydrogen-bond acceptors (Lipinski definition) is 5. The van der Waals surface area contributed by atoms with Crippen LogP contribution in [0.3, 0.4) is 0 Å². The molecule has 1 aliphatic heterocycles. The number of ether oxygens (including phenoxy) is 2. The third kappa shape index (κ3) is 3.84. The van der Waals surface area contributed by atoms with Crippen molar-refractivity contribution in [1.82, 2.24) is 9.88 Å². The van der Waals surface area contributed by atoms with E-state index in [4.69, 9.17) is 21.1 Å². The Morgan fingerprint density at radius 2 is 1.96 bits per heavy atom. The average Bonchev–Trinajstić information content (AvgIpc) is 3.09. The normalized spacial score (nSPS) is 12.7. The molecule has 144 valence electrons. The van der Waals surface area contributed by atoms with E-state index < -0.39 is 0 Å². The van der Waals surface area contributed by atoms with Gasteiger partial charge < -0.3 is 14.4 Å². The summed E-state index contributed by atoms with van der Waals surface area (Å²) in [6, 6.07) is 13.3. The third-order valence-corrected chi connectivity index (χ3v) is 5.87. The van der Waals surface area contributed by atoms with E-state index in [-0.39, 0.29) is 5.91 Å². The summed E-state index contributed by atoms with van der Waals surface area (Å²) in [6.07, 6.45) is 0. The van der Waals surface area contributed by atoms with Gasteiger partial charge in [0.25, 0.3) is 5.91 Å². The van der Waals surface area contributed by atoms with E-state index >= 15 is 0 Å². The Morgan fingerprint density at radius 3 is 2.75 bits per heavy atom. The van der Waals surface area contributed by atoms with Crippen molar-refractivity contribution < 1.29 is 14.3 Å². The molecule has 0 atom stereocenters. The lowest BCUT2D eigenvalue weighted by molar-refractivity contribution is 0.0788. The molecule has 3 aromatic rings. The average molecular weight is 415 g/mol. The van der Waals surface area contributed by atoms with Gasteiger partial charge in [0.15, 0.2) is 11.5 Å². The van der Waals surface area contributed by atoms with E-state index in [1.165, 1.54) is 11.3 Å². The molecule has 4 rings (SSSR count). The largest absolute Gasteiger partial charge is 0.486 e. The lowest BCUT2D eigenvalue weighted by Crippen LogP contribution is -2.26. The minimum absolute atomic E-state index is 0.0573. The molecule has 0 unspecified atom stereocenters. The Labute approximate surface area is 172 Å². The maximum absolute atomic E-state index is 13.0. The molecule has 0 saturated heterocycles. The van der Waals surface area contributed by atoms with Crippen LogP contribution in [0.2, 0.25) is 5.02 Å². The van der Waals surface area contributed by atoms with Crippen LogP contribution in [0, 0.1) is 6.92 Å². The van der Waals surface area contributed by atoms with Gasteiger partial charge in [0.05, 0.1) is 5.69 Å². The van der Waals surface area contributed by atoms with E-state index in [1.807, 2.05) is 49.4 Å². The van der Waals surface area contributed by atoms with Crippen molar-refractivity contribution in [2.24, 2.45) is 0 Å². The second-order valence-electron chi connectivity index (χ2n) is 6.58. The number of fused-ring (bicyclic) bond motifs is 1. The smallest absolute Gasteiger partial charge is 0.265 e. The van der Waals surface area contributed by atoms with Gasteiger partial charge in [0.2, 0.25) is 0 Å². The lowest BCUT2D eigenvalue weighted by atomic mass is 10.2. The van der Waals surface area contributed by atoms with Crippen LogP contribution >= 0.6 is 22.9 Å². The second kappa shape index (κ2) is 7.81. The Kier molecular flexibility index (Phi) is 5.24. The van der Waals surface area contributed by atoms with Crippen LogP contribution < -0.4 is 9.47 Å². The van der Waals surface area contributed by atoms with E-state index in [1.54, 1.807) is 11.9 Å². The van der Waals surface area contributed by atoms with Gasteiger partial charge in [-0.2, -0.15) is 0 Å². The number of aromatic nitrogens is 1. The topological polar surface area (TPSA) is 51.7 Å². The maximum atomic E-state index is 13.0. The van der Waals surface area contributed by atoms with Crippen molar-refractivity contribution in [2.45, 2.75) is 13.5 Å². The molecule has 1 aromatic heterocycles. The van der Waals surface area contributed by atoms with Gasteiger partial charge in [-0.15, -0.1) is 11.3 Å². The zero-order valence-corrected chi connectivity index (χ0v) is 17.1. The number of hydrogen-bond donors (Lipinski definition) is 0. The number of thiazole rings is 1. The molecular weight excluding hydrogens is 396 g/mol. The fraction of sp³-hybridized carbons (Fsp3) is 0.238. The summed E-state index contributed by atoms with van der Waals surface area (Å²) in [6.45, 7) is 3.43. The summed E-state index contributed by atoms with van der Waals surface area (Å²) in [5.41, 5.74) is 2.62. The summed E-state index contributed by atoms with van der Waals surface area (Å²) < 4.78 is 11.2. The Balaban J connectivity index is 1.53. The summed E-state index contributed by atoms with van der Waals surface area (Å²) in [5.74, 6) is 1.41. The van der Waals surface area contributed by atoms with Gasteiger partial charge >= 0.3 is 0 Å². The Morgan fingerprint density at radius 1 is 1.18 bits per heavy atom. The molecule has 28 heavy (non-hydrogen) atoms. The van der Waals surface area contributed by atoms with Gasteiger partial charge in [-0.05, 0) is 36.8 Å². The number of carbonyl (C=O) groups excluding carboxylic acids is 1. The van der Waals surface area contributed by atoms with Crippen molar-refractivity contribution in [3.05, 3.63) is 63.6 Å². The predicted molar refractivity (Wildman–Crippen MR) is 111 cm³/mol. The van der Waals surface area contributed by atoms with E-state index in [0.717, 1.165) is 33.3 Å². The zero-order valence-electron chi connectivity index (χ0n) is 15.6. The molecule has 0 fully saturated rings. The van der Waals surface area contributed by atoms with Gasteiger partial charge in [0, 0.05) is 24.2 Å². The monoisotopic (exact) mass is 414 g/mol. The molecule has 0 radical (unpaired) electrons. The fourth-order valence-corrected chi connectivity index (χ4v) is 4.29. The molecule has 1 aliphatic rings. The number of benzene rings is 2. The van der Waals surface area contributed by atoms with Crippen LogP contribution in [0.5, 0.6) is 11.5 Å². The standard InChI is InChI=1S/C21H19ClN2O3S/c1-13-19(28-20(23-13)15-4-3-5-16(22)11-15)21(25)24(2)12-14-6-7-17-18(10-14)27-9-8-26-17/h3-7,10-11H,8-9,12H2,1-2H3. The van der Waals surface area contributed by atoms with Crippen LogP contribution in [0.15, 0.2) is 42.5 Å². The van der Waals surface area contributed by atoms with Crippen LogP contribution in [0.4, 0.5) is 0 Å². The maximum Gasteiger partial charge on any atom is 0.265 e. The van der Waals surface area contributed by atoms with Gasteiger partial charge in [-0.1, -0.05) is 29.8 Å². The van der Waals surface area contributed by atoms with Crippen LogP contribution in [-0.2, 0) is 6.54 Å². The highest BCUT2D eigenvalue weighted by atomic mass is 35.5. The first kappa shape index (κ1) is 18.8. The molecule has 0 saturated carbocycles. The molecule has 7 heteroatoms. The summed E-state index contributed by atoms with van der Waals surface area (Å²) in [7, 11) is 1.79. The lowest BCUT2D eigenvalue weighted by Gasteiger charge is -2.21. The van der Waals surface area contributed by atoms with Gasteiger partial charge in [-0.3, -0.25) is 4.79 Å². The minimum Gasteiger partial charge on any atom is -0.486 e. The number of amides is 1. The molecular formula is C21H19ClN2O3S. The first-order chi connectivity index (χ1) is 13.5. The highest BCUT2D eigenvalue weighted by Crippen LogP contribution is 2.32. The number of rotatable bonds is 4. The zero-order chi connectivity index (χ0) is 19.7. The Bertz CT molecular complexity index is 1030. The SMILES string of the molecule is Cc1nc(-c2cccc(Cl)c2)sc1C(=O)N(C)Cc1ccc2c(c1)OCCO2. The van der Waals surface area contributed by atoms with Crippen molar-refractivity contribution in [3.8, 4) is 22.1 Å². The molecule has 0 N–H and O–H groups in total. The molecule has 0 bridgehead atoms. The van der Waals surface area contributed by atoms with Crippen molar-refractivity contribution in [1.29, 1.82) is 0 Å². The van der Waals surface area contributed by atoms with Gasteiger partial charge in [0.1, 0.15) is 23.1 Å². The molecule has 1 amide bonds. The molecule has 2 aromatic carbocycles. The molecule has 0 spiro atoms. The van der Waals surface area contributed by atoms with Crippen molar-refractivity contribution in [2.75, 3.05) is 20.3 Å². The second-order valence-corrected chi connectivity index (χ2v) is 8.02. The highest BCUT2D eigenvalue weighted by molar-refractivity contribution is 7.17. The van der Waals surface area contributed by atoms with Crippen molar-refractivity contribution in [3.63, 3.8) is 0 Å². The molecule has 2 heterocycles. The molecule has 5 nitrogen and oxygen atoms in total.